The number of rotatable bonds is 3. The Labute approximate surface area is 113 Å². The Bertz CT molecular complexity index is 436. The Morgan fingerprint density at radius 1 is 1.42 bits per heavy atom. The number of morpholine rings is 1. The summed E-state index contributed by atoms with van der Waals surface area (Å²) < 4.78 is 10.7. The van der Waals surface area contributed by atoms with Gasteiger partial charge < -0.3 is 14.2 Å². The van der Waals surface area contributed by atoms with Gasteiger partial charge in [0, 0.05) is 18.5 Å². The van der Waals surface area contributed by atoms with E-state index in [1.54, 1.807) is 0 Å². The first-order chi connectivity index (χ1) is 8.99. The van der Waals surface area contributed by atoms with Crippen molar-refractivity contribution in [3.8, 4) is 0 Å². The molecule has 1 aliphatic rings. The number of carbonyl (C=O) groups is 1. The van der Waals surface area contributed by atoms with Gasteiger partial charge >= 0.3 is 0 Å². The maximum absolute atomic E-state index is 12.3. The van der Waals surface area contributed by atoms with E-state index in [4.69, 9.17) is 9.26 Å². The number of aryl methyl sites for hydroxylation is 2. The molecule has 5 heteroatoms. The third kappa shape index (κ3) is 3.15. The van der Waals surface area contributed by atoms with Crippen LogP contribution in [-0.4, -0.2) is 41.3 Å². The van der Waals surface area contributed by atoms with Gasteiger partial charge in [0.2, 0.25) is 5.91 Å². The number of carbonyl (C=O) groups excluding carboxylic acids is 1. The minimum atomic E-state index is 0.124. The molecule has 0 aromatic carbocycles. The predicted molar refractivity (Wildman–Crippen MR) is 70.9 cm³/mol. The van der Waals surface area contributed by atoms with E-state index >= 15 is 0 Å². The van der Waals surface area contributed by atoms with Crippen LogP contribution in [0.4, 0.5) is 0 Å². The molecule has 1 fully saturated rings. The van der Waals surface area contributed by atoms with Gasteiger partial charge in [-0.05, 0) is 34.1 Å². The molecule has 1 aromatic heterocycles. The van der Waals surface area contributed by atoms with Crippen LogP contribution in [0.3, 0.4) is 0 Å². The molecule has 1 saturated heterocycles. The summed E-state index contributed by atoms with van der Waals surface area (Å²) in [6, 6.07) is 0.161. The van der Waals surface area contributed by atoms with Crippen LogP contribution in [0.5, 0.6) is 0 Å². The number of nitrogens with zero attached hydrogens (tertiary/aromatic N) is 2. The smallest absolute Gasteiger partial charge is 0.223 e. The molecule has 0 bridgehead atoms. The van der Waals surface area contributed by atoms with E-state index in [1.807, 2.05) is 32.6 Å². The SMILES string of the molecule is Cc1noc(C)c1CCC(=O)N1CC(C)OCC1C. The zero-order valence-electron chi connectivity index (χ0n) is 12.1. The number of amides is 1. The Kier molecular flexibility index (Phi) is 4.24. The molecule has 2 unspecified atom stereocenters. The van der Waals surface area contributed by atoms with E-state index in [0.29, 0.717) is 26.0 Å². The molecule has 0 saturated carbocycles. The molecule has 0 aliphatic carbocycles. The van der Waals surface area contributed by atoms with Crippen LogP contribution in [-0.2, 0) is 16.0 Å². The van der Waals surface area contributed by atoms with Gasteiger partial charge in [-0.25, -0.2) is 0 Å². The van der Waals surface area contributed by atoms with E-state index in [0.717, 1.165) is 17.0 Å². The molecule has 5 nitrogen and oxygen atoms in total. The van der Waals surface area contributed by atoms with Crippen molar-refractivity contribution in [1.29, 1.82) is 0 Å². The maximum Gasteiger partial charge on any atom is 0.223 e. The second kappa shape index (κ2) is 5.74. The normalized spacial score (nSPS) is 23.7. The van der Waals surface area contributed by atoms with Crippen molar-refractivity contribution in [2.24, 2.45) is 0 Å². The lowest BCUT2D eigenvalue weighted by molar-refractivity contribution is -0.143. The van der Waals surface area contributed by atoms with Gasteiger partial charge in [0.05, 0.1) is 24.4 Å². The number of hydrogen-bond donors (Lipinski definition) is 0. The molecule has 1 aliphatic heterocycles. The first-order valence-electron chi connectivity index (χ1n) is 6.82. The first-order valence-corrected chi connectivity index (χ1v) is 6.82. The maximum atomic E-state index is 12.3. The third-order valence-electron chi connectivity index (χ3n) is 3.70. The number of aromatic nitrogens is 1. The van der Waals surface area contributed by atoms with Crippen LogP contribution < -0.4 is 0 Å². The Balaban J connectivity index is 1.94. The van der Waals surface area contributed by atoms with Crippen molar-refractivity contribution in [3.63, 3.8) is 0 Å². The molecular formula is C14H22N2O3. The lowest BCUT2D eigenvalue weighted by Crippen LogP contribution is -2.50. The Morgan fingerprint density at radius 2 is 2.16 bits per heavy atom. The van der Waals surface area contributed by atoms with Gasteiger partial charge in [-0.15, -0.1) is 0 Å². The van der Waals surface area contributed by atoms with Gasteiger partial charge in [0.15, 0.2) is 0 Å². The highest BCUT2D eigenvalue weighted by Gasteiger charge is 2.27. The molecule has 106 valence electrons. The van der Waals surface area contributed by atoms with E-state index in [9.17, 15) is 4.79 Å². The Hall–Kier alpha value is -1.36. The highest BCUT2D eigenvalue weighted by molar-refractivity contribution is 5.77. The summed E-state index contributed by atoms with van der Waals surface area (Å²) in [6.07, 6.45) is 1.32. The minimum absolute atomic E-state index is 0.124. The lowest BCUT2D eigenvalue weighted by atomic mass is 10.1. The van der Waals surface area contributed by atoms with Crippen molar-refractivity contribution in [2.45, 2.75) is 52.7 Å². The zero-order valence-corrected chi connectivity index (χ0v) is 12.1. The van der Waals surface area contributed by atoms with Gasteiger partial charge in [-0.1, -0.05) is 5.16 Å². The molecule has 19 heavy (non-hydrogen) atoms. The largest absolute Gasteiger partial charge is 0.375 e. The predicted octanol–water partition coefficient (Wildman–Crippen LogP) is 1.86. The van der Waals surface area contributed by atoms with E-state index < -0.39 is 0 Å². The van der Waals surface area contributed by atoms with Crippen LogP contribution in [0.2, 0.25) is 0 Å². The quantitative estimate of drug-likeness (QED) is 0.838. The molecule has 0 N–H and O–H groups in total. The van der Waals surface area contributed by atoms with Crippen LogP contribution in [0.1, 0.15) is 37.3 Å². The van der Waals surface area contributed by atoms with E-state index in [-0.39, 0.29) is 18.1 Å². The number of hydrogen-bond acceptors (Lipinski definition) is 4. The second-order valence-corrected chi connectivity index (χ2v) is 5.34. The summed E-state index contributed by atoms with van der Waals surface area (Å²) >= 11 is 0. The summed E-state index contributed by atoms with van der Waals surface area (Å²) in [5.41, 5.74) is 1.94. The fraction of sp³-hybridized carbons (Fsp3) is 0.714. The summed E-state index contributed by atoms with van der Waals surface area (Å²) in [5, 5.41) is 3.91. The average molecular weight is 266 g/mol. The second-order valence-electron chi connectivity index (χ2n) is 5.34. The average Bonchev–Trinajstić information content (AvgIpc) is 2.69. The van der Waals surface area contributed by atoms with Crippen LogP contribution >= 0.6 is 0 Å². The summed E-state index contributed by atoms with van der Waals surface area (Å²) in [5.74, 6) is 0.997. The van der Waals surface area contributed by atoms with Gasteiger partial charge in [-0.2, -0.15) is 0 Å². The molecule has 2 rings (SSSR count). The van der Waals surface area contributed by atoms with Crippen LogP contribution in [0, 0.1) is 13.8 Å². The zero-order chi connectivity index (χ0) is 14.0. The monoisotopic (exact) mass is 266 g/mol. The fourth-order valence-electron chi connectivity index (χ4n) is 2.49. The highest BCUT2D eigenvalue weighted by Crippen LogP contribution is 2.17. The minimum Gasteiger partial charge on any atom is -0.375 e. The molecular weight excluding hydrogens is 244 g/mol. The topological polar surface area (TPSA) is 55.6 Å². The molecule has 0 radical (unpaired) electrons. The van der Waals surface area contributed by atoms with Gasteiger partial charge in [-0.3, -0.25) is 4.79 Å². The first kappa shape index (κ1) is 14.1. The summed E-state index contributed by atoms with van der Waals surface area (Å²) in [4.78, 5) is 14.2. The standard InChI is InChI=1S/C14H22N2O3/c1-9-8-18-10(2)7-16(9)14(17)6-5-13-11(3)15-19-12(13)4/h9-10H,5-8H2,1-4H3. The van der Waals surface area contributed by atoms with E-state index in [2.05, 4.69) is 5.16 Å². The molecule has 1 aromatic rings. The Morgan fingerprint density at radius 3 is 2.79 bits per heavy atom. The number of ether oxygens (including phenoxy) is 1. The highest BCUT2D eigenvalue weighted by atomic mass is 16.5. The van der Waals surface area contributed by atoms with Gasteiger partial charge in [0.25, 0.3) is 0 Å². The van der Waals surface area contributed by atoms with E-state index in [1.165, 1.54) is 0 Å². The van der Waals surface area contributed by atoms with Crippen molar-refractivity contribution < 1.29 is 14.1 Å². The van der Waals surface area contributed by atoms with Crippen LogP contribution in [0.15, 0.2) is 4.52 Å². The lowest BCUT2D eigenvalue weighted by Gasteiger charge is -2.36. The molecule has 2 heterocycles. The fourth-order valence-corrected chi connectivity index (χ4v) is 2.49. The third-order valence-corrected chi connectivity index (χ3v) is 3.70. The van der Waals surface area contributed by atoms with Gasteiger partial charge in [0.1, 0.15) is 5.76 Å². The summed E-state index contributed by atoms with van der Waals surface area (Å²) in [6.45, 7) is 9.13. The van der Waals surface area contributed by atoms with Crippen molar-refractivity contribution in [2.75, 3.05) is 13.2 Å². The van der Waals surface area contributed by atoms with Crippen molar-refractivity contribution in [3.05, 3.63) is 17.0 Å². The summed E-state index contributed by atoms with van der Waals surface area (Å²) in [7, 11) is 0. The molecule has 2 atom stereocenters. The van der Waals surface area contributed by atoms with Crippen LogP contribution in [0.25, 0.3) is 0 Å². The molecule has 0 spiro atoms. The van der Waals surface area contributed by atoms with Crippen molar-refractivity contribution in [1.82, 2.24) is 10.1 Å². The van der Waals surface area contributed by atoms with Crippen molar-refractivity contribution >= 4 is 5.91 Å². The molecule has 1 amide bonds.